The van der Waals surface area contributed by atoms with E-state index in [-0.39, 0.29) is 30.1 Å². The third-order valence-corrected chi connectivity index (χ3v) is 6.67. The number of hydrogen-bond acceptors (Lipinski definition) is 4. The number of nitrogens with one attached hydrogen (secondary N) is 1. The first-order valence-electron chi connectivity index (χ1n) is 11.4. The van der Waals surface area contributed by atoms with Gasteiger partial charge in [-0.15, -0.1) is 0 Å². The number of aromatic nitrogens is 2. The van der Waals surface area contributed by atoms with Crippen LogP contribution >= 0.6 is 0 Å². The van der Waals surface area contributed by atoms with Crippen LogP contribution in [0.5, 0.6) is 0 Å². The van der Waals surface area contributed by atoms with Crippen LogP contribution in [0.1, 0.15) is 30.9 Å². The summed E-state index contributed by atoms with van der Waals surface area (Å²) in [6, 6.07) is 12.5. The van der Waals surface area contributed by atoms with Gasteiger partial charge in [0.15, 0.2) is 0 Å². The number of piperidine rings is 1. The summed E-state index contributed by atoms with van der Waals surface area (Å²) in [5.74, 6) is 0. The number of carbonyl (C=O) groups excluding carboxylic acids is 1. The predicted octanol–water partition coefficient (Wildman–Crippen LogP) is 4.40. The second-order valence-corrected chi connectivity index (χ2v) is 8.84. The van der Waals surface area contributed by atoms with Gasteiger partial charge < -0.3 is 14.6 Å². The first-order valence-corrected chi connectivity index (χ1v) is 11.4. The summed E-state index contributed by atoms with van der Waals surface area (Å²) in [7, 11) is 0. The molecule has 0 bridgehead atoms. The van der Waals surface area contributed by atoms with Gasteiger partial charge in [0.05, 0.1) is 23.1 Å². The van der Waals surface area contributed by atoms with Gasteiger partial charge >= 0.3 is 18.0 Å². The minimum Gasteiger partial charge on any atom is -0.444 e. The van der Waals surface area contributed by atoms with Crippen molar-refractivity contribution < 1.29 is 22.7 Å². The highest BCUT2D eigenvalue weighted by atomic mass is 19.4. The summed E-state index contributed by atoms with van der Waals surface area (Å²) in [5.41, 5.74) is 1.06. The lowest BCUT2D eigenvalue weighted by Crippen LogP contribution is -2.38. The molecule has 2 aliphatic rings. The van der Waals surface area contributed by atoms with Crippen molar-refractivity contribution in [3.8, 4) is 0 Å². The number of amides is 1. The number of H-pyrrole nitrogens is 1. The molecule has 3 heterocycles. The van der Waals surface area contributed by atoms with E-state index < -0.39 is 17.8 Å². The van der Waals surface area contributed by atoms with E-state index >= 15 is 0 Å². The smallest absolute Gasteiger partial charge is 0.416 e. The number of carbonyl (C=O) groups is 1. The third-order valence-electron chi connectivity index (χ3n) is 6.67. The summed E-state index contributed by atoms with van der Waals surface area (Å²) in [5, 5.41) is 0. The van der Waals surface area contributed by atoms with E-state index in [1.165, 1.54) is 17.0 Å². The van der Waals surface area contributed by atoms with Gasteiger partial charge in [0, 0.05) is 31.4 Å². The number of benzene rings is 2. The molecule has 1 amide bonds. The van der Waals surface area contributed by atoms with Gasteiger partial charge in [-0.2, -0.15) is 13.2 Å². The molecule has 0 saturated carbocycles. The van der Waals surface area contributed by atoms with Gasteiger partial charge in [-0.05, 0) is 49.6 Å². The number of rotatable bonds is 5. The van der Waals surface area contributed by atoms with Crippen molar-refractivity contribution in [2.45, 2.75) is 37.6 Å². The normalized spacial score (nSPS) is 20.3. The Balaban J connectivity index is 1.15. The van der Waals surface area contributed by atoms with Gasteiger partial charge in [0.25, 0.3) is 0 Å². The van der Waals surface area contributed by atoms with Crippen LogP contribution < -0.4 is 10.6 Å². The van der Waals surface area contributed by atoms with Gasteiger partial charge in [-0.3, -0.25) is 9.47 Å². The Morgan fingerprint density at radius 2 is 1.79 bits per heavy atom. The van der Waals surface area contributed by atoms with Crippen molar-refractivity contribution >= 4 is 22.8 Å². The molecule has 1 unspecified atom stereocenters. The molecular weight excluding hydrogens is 449 g/mol. The van der Waals surface area contributed by atoms with Crippen molar-refractivity contribution in [1.82, 2.24) is 14.5 Å². The molecule has 2 saturated heterocycles. The number of para-hydroxylation sites is 2. The first kappa shape index (κ1) is 22.5. The maximum absolute atomic E-state index is 13.0. The Kier molecular flexibility index (Phi) is 5.85. The van der Waals surface area contributed by atoms with E-state index in [0.717, 1.165) is 49.1 Å². The number of likely N-dealkylation sites (tertiary alicyclic amines) is 1. The molecule has 2 aliphatic heterocycles. The Morgan fingerprint density at radius 1 is 1.03 bits per heavy atom. The number of hydrogen-bond donors (Lipinski definition) is 1. The van der Waals surface area contributed by atoms with Crippen LogP contribution in [0, 0.1) is 0 Å². The molecule has 180 valence electrons. The van der Waals surface area contributed by atoms with Crippen LogP contribution in [0.3, 0.4) is 0 Å². The van der Waals surface area contributed by atoms with Crippen molar-refractivity contribution in [2.24, 2.45) is 0 Å². The lowest BCUT2D eigenvalue weighted by atomic mass is 10.0. The Bertz CT molecular complexity index is 1240. The predicted molar refractivity (Wildman–Crippen MR) is 121 cm³/mol. The molecule has 1 N–H and O–H groups in total. The highest BCUT2D eigenvalue weighted by molar-refractivity contribution is 5.89. The molecule has 10 heteroatoms. The van der Waals surface area contributed by atoms with Crippen LogP contribution in [0.4, 0.5) is 23.7 Å². The molecule has 2 fully saturated rings. The summed E-state index contributed by atoms with van der Waals surface area (Å²) in [4.78, 5) is 31.2. The average molecular weight is 474 g/mol. The van der Waals surface area contributed by atoms with Gasteiger partial charge in [-0.25, -0.2) is 9.59 Å². The SMILES string of the molecule is O=C1OC(CCN2CCC(n3c(=O)[nH]c4ccccc43)CC2)CN1c1cccc(C(F)(F)F)c1. The fraction of sp³-hybridized carbons (Fsp3) is 0.417. The van der Waals surface area contributed by atoms with E-state index in [2.05, 4.69) is 9.88 Å². The molecule has 1 atom stereocenters. The maximum Gasteiger partial charge on any atom is 0.416 e. The molecule has 2 aromatic carbocycles. The number of alkyl halides is 3. The first-order chi connectivity index (χ1) is 16.3. The van der Waals surface area contributed by atoms with Crippen molar-refractivity contribution in [3.63, 3.8) is 0 Å². The van der Waals surface area contributed by atoms with E-state index in [1.807, 2.05) is 28.8 Å². The Morgan fingerprint density at radius 3 is 2.56 bits per heavy atom. The quantitative estimate of drug-likeness (QED) is 0.595. The van der Waals surface area contributed by atoms with E-state index in [9.17, 15) is 22.8 Å². The molecule has 5 rings (SSSR count). The topological polar surface area (TPSA) is 70.6 Å². The molecule has 7 nitrogen and oxygen atoms in total. The number of anilines is 1. The van der Waals surface area contributed by atoms with E-state index in [0.29, 0.717) is 13.0 Å². The van der Waals surface area contributed by atoms with Crippen LogP contribution in [0.15, 0.2) is 53.3 Å². The second-order valence-electron chi connectivity index (χ2n) is 8.84. The summed E-state index contributed by atoms with van der Waals surface area (Å²) in [6.45, 7) is 2.56. The van der Waals surface area contributed by atoms with E-state index in [4.69, 9.17) is 4.74 Å². The molecule has 1 aromatic heterocycles. The number of nitrogens with zero attached hydrogens (tertiary/aromatic N) is 3. The van der Waals surface area contributed by atoms with Crippen molar-refractivity contribution in [1.29, 1.82) is 0 Å². The molecular formula is C24H25F3N4O3. The Hall–Kier alpha value is -3.27. The number of fused-ring (bicyclic) bond motifs is 1. The Labute approximate surface area is 193 Å². The summed E-state index contributed by atoms with van der Waals surface area (Å²) < 4.78 is 46.3. The molecule has 0 radical (unpaired) electrons. The fourth-order valence-electron chi connectivity index (χ4n) is 4.90. The molecule has 0 aliphatic carbocycles. The van der Waals surface area contributed by atoms with Crippen LogP contribution in [-0.4, -0.2) is 52.8 Å². The monoisotopic (exact) mass is 474 g/mol. The van der Waals surface area contributed by atoms with Crippen molar-refractivity contribution in [3.05, 3.63) is 64.6 Å². The highest BCUT2D eigenvalue weighted by Crippen LogP contribution is 2.33. The number of ether oxygens (including phenoxy) is 1. The minimum atomic E-state index is -4.47. The number of cyclic esters (lactones) is 1. The van der Waals surface area contributed by atoms with Crippen molar-refractivity contribution in [2.75, 3.05) is 31.1 Å². The number of imidazole rings is 1. The molecule has 0 spiro atoms. The van der Waals surface area contributed by atoms with Gasteiger partial charge in [0.2, 0.25) is 0 Å². The van der Waals surface area contributed by atoms with Crippen LogP contribution in [0.25, 0.3) is 11.0 Å². The summed E-state index contributed by atoms with van der Waals surface area (Å²) in [6.07, 6.45) is -3.20. The lowest BCUT2D eigenvalue weighted by molar-refractivity contribution is -0.137. The van der Waals surface area contributed by atoms with Crippen LogP contribution in [0.2, 0.25) is 0 Å². The lowest BCUT2D eigenvalue weighted by Gasteiger charge is -2.32. The zero-order chi connectivity index (χ0) is 23.9. The molecule has 34 heavy (non-hydrogen) atoms. The zero-order valence-corrected chi connectivity index (χ0v) is 18.4. The average Bonchev–Trinajstić information content (AvgIpc) is 3.36. The zero-order valence-electron chi connectivity index (χ0n) is 18.4. The minimum absolute atomic E-state index is 0.0906. The van der Waals surface area contributed by atoms with Crippen LogP contribution in [-0.2, 0) is 10.9 Å². The van der Waals surface area contributed by atoms with Gasteiger partial charge in [0.1, 0.15) is 6.10 Å². The fourth-order valence-corrected chi connectivity index (χ4v) is 4.90. The largest absolute Gasteiger partial charge is 0.444 e. The van der Waals surface area contributed by atoms with Gasteiger partial charge in [-0.1, -0.05) is 18.2 Å². The standard InChI is InChI=1S/C24H25F3N4O3/c25-24(26,27)16-4-3-5-18(14-16)30-15-19(34-23(30)33)10-13-29-11-8-17(9-12-29)31-21-7-2-1-6-20(21)28-22(31)32/h1-7,14,17,19H,8-13,15H2,(H,28,32). The maximum atomic E-state index is 13.0. The number of halogens is 3. The molecule has 3 aromatic rings. The second kappa shape index (κ2) is 8.83. The van der Waals surface area contributed by atoms with E-state index in [1.54, 1.807) is 0 Å². The number of aromatic amines is 1. The highest BCUT2D eigenvalue weighted by Gasteiger charge is 2.35. The summed E-state index contributed by atoms with van der Waals surface area (Å²) >= 11 is 0. The third kappa shape index (κ3) is 4.42.